The van der Waals surface area contributed by atoms with Crippen LogP contribution >= 0.6 is 11.3 Å². The number of aryl methyl sites for hydroxylation is 1. The summed E-state index contributed by atoms with van der Waals surface area (Å²) in [5, 5.41) is 3.42. The lowest BCUT2D eigenvalue weighted by Gasteiger charge is -2.02. The molecule has 0 atom stereocenters. The molecule has 1 aliphatic carbocycles. The normalized spacial score (nSPS) is 15.5. The van der Waals surface area contributed by atoms with Crippen LogP contribution in [0.4, 0.5) is 0 Å². The lowest BCUT2D eigenvalue weighted by Crippen LogP contribution is -2.22. The standard InChI is InChI=1S/C14H18N2O3S2/c1-10-6-14(20-13(10)8-15-12-2-3-12)21(17,18)16-7-11-4-5-19-9-11/h4-6,9,12,15-16H,2-3,7-8H2,1H3. The maximum atomic E-state index is 12.3. The molecule has 2 heterocycles. The van der Waals surface area contributed by atoms with Crippen LogP contribution in [0.5, 0.6) is 0 Å². The Morgan fingerprint density at radius 3 is 2.86 bits per heavy atom. The Labute approximate surface area is 128 Å². The highest BCUT2D eigenvalue weighted by atomic mass is 32.2. The van der Waals surface area contributed by atoms with Gasteiger partial charge in [0.1, 0.15) is 4.21 Å². The van der Waals surface area contributed by atoms with Crippen molar-refractivity contribution in [3.63, 3.8) is 0 Å². The summed E-state index contributed by atoms with van der Waals surface area (Å²) in [6.07, 6.45) is 5.51. The van der Waals surface area contributed by atoms with Crippen molar-refractivity contribution >= 4 is 21.4 Å². The van der Waals surface area contributed by atoms with Crippen molar-refractivity contribution in [2.24, 2.45) is 0 Å². The van der Waals surface area contributed by atoms with Gasteiger partial charge in [-0.1, -0.05) is 0 Å². The Kier molecular flexibility index (Phi) is 4.17. The van der Waals surface area contributed by atoms with E-state index in [1.807, 2.05) is 6.92 Å². The van der Waals surface area contributed by atoms with E-state index in [0.717, 1.165) is 22.5 Å². The molecule has 21 heavy (non-hydrogen) atoms. The lowest BCUT2D eigenvalue weighted by atomic mass is 10.3. The molecule has 2 aromatic heterocycles. The Morgan fingerprint density at radius 1 is 1.38 bits per heavy atom. The number of thiophene rings is 1. The molecule has 1 aliphatic rings. The molecule has 1 fully saturated rings. The third-order valence-corrected chi connectivity index (χ3v) is 6.55. The van der Waals surface area contributed by atoms with Gasteiger partial charge in [0.25, 0.3) is 0 Å². The highest BCUT2D eigenvalue weighted by Gasteiger charge is 2.22. The quantitative estimate of drug-likeness (QED) is 0.819. The van der Waals surface area contributed by atoms with Crippen LogP contribution in [-0.4, -0.2) is 14.5 Å². The maximum Gasteiger partial charge on any atom is 0.250 e. The number of hydrogen-bond acceptors (Lipinski definition) is 5. The number of rotatable bonds is 7. The monoisotopic (exact) mass is 326 g/mol. The third kappa shape index (κ3) is 3.74. The average molecular weight is 326 g/mol. The largest absolute Gasteiger partial charge is 0.472 e. The van der Waals surface area contributed by atoms with Gasteiger partial charge in [0, 0.05) is 29.6 Å². The fourth-order valence-electron chi connectivity index (χ4n) is 1.96. The molecular formula is C14H18N2O3S2. The second-order valence-corrected chi connectivity index (χ2v) is 8.41. The molecule has 0 spiro atoms. The second-order valence-electron chi connectivity index (χ2n) is 5.28. The van der Waals surface area contributed by atoms with E-state index in [1.165, 1.54) is 36.7 Å². The molecule has 0 unspecified atom stereocenters. The molecule has 5 nitrogen and oxygen atoms in total. The first-order valence-corrected chi connectivity index (χ1v) is 9.18. The Balaban J connectivity index is 1.67. The van der Waals surface area contributed by atoms with Gasteiger partial charge in [-0.15, -0.1) is 11.3 Å². The molecule has 114 valence electrons. The minimum absolute atomic E-state index is 0.242. The summed E-state index contributed by atoms with van der Waals surface area (Å²) < 4.78 is 32.5. The SMILES string of the molecule is Cc1cc(S(=O)(=O)NCc2ccoc2)sc1CNC1CC1. The van der Waals surface area contributed by atoms with Gasteiger partial charge in [0.15, 0.2) is 0 Å². The van der Waals surface area contributed by atoms with Crippen LogP contribution in [0, 0.1) is 6.92 Å². The predicted molar refractivity (Wildman–Crippen MR) is 81.7 cm³/mol. The second kappa shape index (κ2) is 5.92. The molecule has 1 saturated carbocycles. The van der Waals surface area contributed by atoms with Crippen molar-refractivity contribution in [1.29, 1.82) is 0 Å². The number of nitrogens with one attached hydrogen (secondary N) is 2. The van der Waals surface area contributed by atoms with E-state index in [0.29, 0.717) is 10.3 Å². The number of furan rings is 1. The molecule has 7 heteroatoms. The zero-order chi connectivity index (χ0) is 14.9. The van der Waals surface area contributed by atoms with Crippen molar-refractivity contribution in [3.05, 3.63) is 40.7 Å². The highest BCUT2D eigenvalue weighted by Crippen LogP contribution is 2.27. The van der Waals surface area contributed by atoms with Gasteiger partial charge in [-0.3, -0.25) is 0 Å². The van der Waals surface area contributed by atoms with Gasteiger partial charge in [0.2, 0.25) is 10.0 Å². The summed E-state index contributed by atoms with van der Waals surface area (Å²) in [5.74, 6) is 0. The first-order valence-electron chi connectivity index (χ1n) is 6.88. The van der Waals surface area contributed by atoms with Crippen LogP contribution in [0.2, 0.25) is 0 Å². The van der Waals surface area contributed by atoms with Crippen LogP contribution in [0.3, 0.4) is 0 Å². The van der Waals surface area contributed by atoms with E-state index in [9.17, 15) is 8.42 Å². The number of hydrogen-bond donors (Lipinski definition) is 2. The van der Waals surface area contributed by atoms with Gasteiger partial charge in [-0.05, 0) is 37.5 Å². The van der Waals surface area contributed by atoms with E-state index in [-0.39, 0.29) is 6.54 Å². The molecule has 0 amide bonds. The summed E-state index contributed by atoms with van der Waals surface area (Å²) in [7, 11) is -3.46. The molecule has 0 aromatic carbocycles. The van der Waals surface area contributed by atoms with Crippen LogP contribution in [0.1, 0.15) is 28.8 Å². The Morgan fingerprint density at radius 2 is 2.19 bits per heavy atom. The molecule has 2 N–H and O–H groups in total. The first kappa shape index (κ1) is 14.8. The van der Waals surface area contributed by atoms with Crippen LogP contribution in [0.25, 0.3) is 0 Å². The minimum Gasteiger partial charge on any atom is -0.472 e. The summed E-state index contributed by atoms with van der Waals surface area (Å²) in [6, 6.07) is 4.10. The van der Waals surface area contributed by atoms with Gasteiger partial charge >= 0.3 is 0 Å². The summed E-state index contributed by atoms with van der Waals surface area (Å²) in [4.78, 5) is 1.09. The highest BCUT2D eigenvalue weighted by molar-refractivity contribution is 7.91. The van der Waals surface area contributed by atoms with E-state index in [1.54, 1.807) is 12.1 Å². The van der Waals surface area contributed by atoms with Crippen molar-refractivity contribution in [3.8, 4) is 0 Å². The molecule has 0 saturated heterocycles. The topological polar surface area (TPSA) is 71.3 Å². The van der Waals surface area contributed by atoms with E-state index < -0.39 is 10.0 Å². The van der Waals surface area contributed by atoms with Crippen molar-refractivity contribution < 1.29 is 12.8 Å². The third-order valence-electron chi connectivity index (χ3n) is 3.44. The van der Waals surface area contributed by atoms with Crippen LogP contribution in [-0.2, 0) is 23.1 Å². The van der Waals surface area contributed by atoms with Gasteiger partial charge in [0.05, 0.1) is 12.5 Å². The molecule has 0 aliphatic heterocycles. The zero-order valence-electron chi connectivity index (χ0n) is 11.8. The van der Waals surface area contributed by atoms with Crippen molar-refractivity contribution in [2.45, 2.75) is 43.1 Å². The molecule has 3 rings (SSSR count). The number of sulfonamides is 1. The molecule has 0 bridgehead atoms. The lowest BCUT2D eigenvalue weighted by molar-refractivity contribution is 0.561. The van der Waals surface area contributed by atoms with Gasteiger partial charge in [-0.25, -0.2) is 13.1 Å². The smallest absolute Gasteiger partial charge is 0.250 e. The molecule has 2 aromatic rings. The van der Waals surface area contributed by atoms with E-state index >= 15 is 0 Å². The zero-order valence-corrected chi connectivity index (χ0v) is 13.4. The summed E-state index contributed by atoms with van der Waals surface area (Å²) >= 11 is 1.34. The maximum absolute atomic E-state index is 12.3. The summed E-state index contributed by atoms with van der Waals surface area (Å²) in [6.45, 7) is 2.94. The molecule has 0 radical (unpaired) electrons. The van der Waals surface area contributed by atoms with E-state index in [4.69, 9.17) is 4.42 Å². The predicted octanol–water partition coefficient (Wildman–Crippen LogP) is 2.38. The first-order chi connectivity index (χ1) is 10.0. The van der Waals surface area contributed by atoms with Crippen LogP contribution < -0.4 is 10.0 Å². The van der Waals surface area contributed by atoms with Crippen molar-refractivity contribution in [2.75, 3.05) is 0 Å². The Bertz CT molecular complexity index is 701. The van der Waals surface area contributed by atoms with E-state index in [2.05, 4.69) is 10.0 Å². The van der Waals surface area contributed by atoms with Gasteiger partial charge in [-0.2, -0.15) is 0 Å². The summed E-state index contributed by atoms with van der Waals surface area (Å²) in [5.41, 5.74) is 1.83. The Hall–Kier alpha value is -1.15. The fraction of sp³-hybridized carbons (Fsp3) is 0.429. The fourth-order valence-corrected chi connectivity index (χ4v) is 4.57. The average Bonchev–Trinajstić information content (AvgIpc) is 2.98. The minimum atomic E-state index is -3.46. The van der Waals surface area contributed by atoms with Crippen molar-refractivity contribution in [1.82, 2.24) is 10.0 Å². The van der Waals surface area contributed by atoms with Gasteiger partial charge < -0.3 is 9.73 Å². The van der Waals surface area contributed by atoms with Crippen LogP contribution in [0.15, 0.2) is 33.3 Å². The molecular weight excluding hydrogens is 308 g/mol.